The Morgan fingerprint density at radius 3 is 2.39 bits per heavy atom. The number of amides is 5. The summed E-state index contributed by atoms with van der Waals surface area (Å²) in [5.74, 6) is -1.88. The molecule has 2 N–H and O–H groups in total. The number of piperidine rings is 1. The van der Waals surface area contributed by atoms with Gasteiger partial charge in [-0.25, -0.2) is 0 Å². The first-order chi connectivity index (χ1) is 15.7. The van der Waals surface area contributed by atoms with Crippen molar-refractivity contribution < 1.29 is 28.7 Å². The lowest BCUT2D eigenvalue weighted by molar-refractivity contribution is -0.142. The minimum Gasteiger partial charge on any atom is -0.494 e. The summed E-state index contributed by atoms with van der Waals surface area (Å²) in [5.41, 5.74) is 0.246. The molecule has 1 fully saturated rings. The fourth-order valence-corrected chi connectivity index (χ4v) is 4.01. The number of rotatable bonds is 5. The van der Waals surface area contributed by atoms with Crippen LogP contribution >= 0.6 is 0 Å². The number of carbonyl (C=O) groups is 5. The van der Waals surface area contributed by atoms with Gasteiger partial charge in [0.15, 0.2) is 0 Å². The largest absolute Gasteiger partial charge is 0.494 e. The number of hydrogen-bond donors (Lipinski definition) is 2. The van der Waals surface area contributed by atoms with Gasteiger partial charge in [-0.15, -0.1) is 0 Å². The van der Waals surface area contributed by atoms with Gasteiger partial charge in [0.1, 0.15) is 11.3 Å². The van der Waals surface area contributed by atoms with Gasteiger partial charge in [-0.1, -0.05) is 6.07 Å². The Morgan fingerprint density at radius 1 is 1.06 bits per heavy atom. The number of nitrogens with zero attached hydrogens (tertiary/aromatic N) is 1. The van der Waals surface area contributed by atoms with E-state index in [1.165, 1.54) is 17.0 Å². The minimum atomic E-state index is -1.16. The monoisotopic (exact) mass is 449 g/mol. The fraction of sp³-hybridized carbons (Fsp3) is 0.292. The predicted octanol–water partition coefficient (Wildman–Crippen LogP) is 1.81. The highest BCUT2D eigenvalue weighted by atomic mass is 16.5. The van der Waals surface area contributed by atoms with E-state index in [9.17, 15) is 24.0 Å². The van der Waals surface area contributed by atoms with Crippen molar-refractivity contribution in [1.29, 1.82) is 0 Å². The molecular formula is C24H23N3O6. The molecule has 0 bridgehead atoms. The first-order valence-corrected chi connectivity index (χ1v) is 10.6. The summed E-state index contributed by atoms with van der Waals surface area (Å²) in [4.78, 5) is 63.6. The van der Waals surface area contributed by atoms with Gasteiger partial charge in [-0.2, -0.15) is 0 Å². The van der Waals surface area contributed by atoms with Crippen LogP contribution in [0.15, 0.2) is 42.5 Å². The third-order valence-electron chi connectivity index (χ3n) is 6.01. The number of nitrogens with one attached hydrogen (secondary N) is 2. The molecule has 2 heterocycles. The maximum atomic E-state index is 13.1. The van der Waals surface area contributed by atoms with Crippen LogP contribution in [-0.4, -0.2) is 46.6 Å². The maximum Gasteiger partial charge on any atom is 0.258 e. The SMILES string of the molecule is CCOc1ccc(C(=O)NC(=O)c2ccc3c(c2)C(=O)N(C2(C)CCC(=O)NC2=O)C3)cc1. The van der Waals surface area contributed by atoms with Gasteiger partial charge in [0.05, 0.1) is 6.61 Å². The Morgan fingerprint density at radius 2 is 1.73 bits per heavy atom. The molecule has 2 aromatic carbocycles. The van der Waals surface area contributed by atoms with Gasteiger partial charge in [0.25, 0.3) is 23.6 Å². The molecule has 33 heavy (non-hydrogen) atoms. The van der Waals surface area contributed by atoms with Crippen LogP contribution in [0.2, 0.25) is 0 Å². The number of imide groups is 2. The summed E-state index contributed by atoms with van der Waals surface area (Å²) < 4.78 is 5.34. The molecule has 2 aliphatic heterocycles. The lowest BCUT2D eigenvalue weighted by atomic mass is 9.89. The molecule has 1 atom stereocenters. The van der Waals surface area contributed by atoms with E-state index < -0.39 is 29.2 Å². The third-order valence-corrected chi connectivity index (χ3v) is 6.01. The van der Waals surface area contributed by atoms with Crippen LogP contribution in [0.4, 0.5) is 0 Å². The van der Waals surface area contributed by atoms with E-state index in [-0.39, 0.29) is 30.9 Å². The first kappa shape index (κ1) is 22.2. The summed E-state index contributed by atoms with van der Waals surface area (Å²) in [6.45, 7) is 4.17. The van der Waals surface area contributed by atoms with E-state index >= 15 is 0 Å². The Hall–Kier alpha value is -4.01. The quantitative estimate of drug-likeness (QED) is 0.672. The van der Waals surface area contributed by atoms with E-state index in [0.717, 1.165) is 0 Å². The van der Waals surface area contributed by atoms with Crippen LogP contribution < -0.4 is 15.4 Å². The molecule has 2 aliphatic rings. The van der Waals surface area contributed by atoms with Crippen LogP contribution in [0, 0.1) is 0 Å². The molecular weight excluding hydrogens is 426 g/mol. The Balaban J connectivity index is 1.49. The lowest BCUT2D eigenvalue weighted by Gasteiger charge is -2.39. The van der Waals surface area contributed by atoms with E-state index in [0.29, 0.717) is 29.0 Å². The van der Waals surface area contributed by atoms with Crippen LogP contribution in [-0.2, 0) is 16.1 Å². The summed E-state index contributed by atoms with van der Waals surface area (Å²) in [6, 6.07) is 11.0. The third kappa shape index (κ3) is 4.09. The van der Waals surface area contributed by atoms with Gasteiger partial charge in [0, 0.05) is 29.7 Å². The predicted molar refractivity (Wildman–Crippen MR) is 117 cm³/mol. The molecule has 170 valence electrons. The summed E-state index contributed by atoms with van der Waals surface area (Å²) >= 11 is 0. The molecule has 0 saturated carbocycles. The molecule has 1 unspecified atom stereocenters. The number of fused-ring (bicyclic) bond motifs is 1. The maximum absolute atomic E-state index is 13.1. The zero-order valence-corrected chi connectivity index (χ0v) is 18.3. The molecule has 4 rings (SSSR count). The molecule has 2 aromatic rings. The zero-order chi connectivity index (χ0) is 23.8. The Labute approximate surface area is 190 Å². The fourth-order valence-electron chi connectivity index (χ4n) is 4.01. The smallest absolute Gasteiger partial charge is 0.258 e. The molecule has 0 radical (unpaired) electrons. The summed E-state index contributed by atoms with van der Waals surface area (Å²) in [6.07, 6.45) is 0.366. The average Bonchev–Trinajstić information content (AvgIpc) is 3.13. The van der Waals surface area contributed by atoms with Gasteiger partial charge in [0.2, 0.25) is 5.91 Å². The Bertz CT molecular complexity index is 1170. The van der Waals surface area contributed by atoms with Crippen molar-refractivity contribution in [2.45, 2.75) is 38.8 Å². The number of ether oxygens (including phenoxy) is 1. The van der Waals surface area contributed by atoms with Crippen molar-refractivity contribution in [1.82, 2.24) is 15.5 Å². The summed E-state index contributed by atoms with van der Waals surface area (Å²) in [5, 5.41) is 4.61. The number of hydrogen-bond acceptors (Lipinski definition) is 6. The molecule has 9 heteroatoms. The van der Waals surface area contributed by atoms with Gasteiger partial charge >= 0.3 is 0 Å². The van der Waals surface area contributed by atoms with Gasteiger partial charge < -0.3 is 9.64 Å². The molecule has 0 spiro atoms. The topological polar surface area (TPSA) is 122 Å². The van der Waals surface area contributed by atoms with Gasteiger partial charge in [-0.3, -0.25) is 34.6 Å². The molecule has 9 nitrogen and oxygen atoms in total. The van der Waals surface area contributed by atoms with E-state index in [1.54, 1.807) is 37.3 Å². The van der Waals surface area contributed by atoms with E-state index in [2.05, 4.69) is 10.6 Å². The van der Waals surface area contributed by atoms with Crippen LogP contribution in [0.1, 0.15) is 63.3 Å². The van der Waals surface area contributed by atoms with E-state index in [4.69, 9.17) is 4.74 Å². The van der Waals surface area contributed by atoms with Crippen LogP contribution in [0.3, 0.4) is 0 Å². The first-order valence-electron chi connectivity index (χ1n) is 10.6. The van der Waals surface area contributed by atoms with Crippen molar-refractivity contribution in [3.05, 3.63) is 64.7 Å². The lowest BCUT2D eigenvalue weighted by Crippen LogP contribution is -2.61. The van der Waals surface area contributed by atoms with E-state index in [1.807, 2.05) is 6.92 Å². The highest BCUT2D eigenvalue weighted by Crippen LogP contribution is 2.34. The molecule has 0 aliphatic carbocycles. The number of carbonyl (C=O) groups excluding carboxylic acids is 5. The van der Waals surface area contributed by atoms with Crippen molar-refractivity contribution in [3.8, 4) is 5.75 Å². The van der Waals surface area contributed by atoms with Crippen molar-refractivity contribution in [3.63, 3.8) is 0 Å². The van der Waals surface area contributed by atoms with Crippen molar-refractivity contribution >= 4 is 29.5 Å². The number of benzene rings is 2. The molecule has 1 saturated heterocycles. The second-order valence-electron chi connectivity index (χ2n) is 8.16. The summed E-state index contributed by atoms with van der Waals surface area (Å²) in [7, 11) is 0. The van der Waals surface area contributed by atoms with Crippen molar-refractivity contribution in [2.24, 2.45) is 0 Å². The highest BCUT2D eigenvalue weighted by molar-refractivity contribution is 6.12. The normalized spacial score (nSPS) is 19.7. The van der Waals surface area contributed by atoms with Gasteiger partial charge in [-0.05, 0) is 62.2 Å². The highest BCUT2D eigenvalue weighted by Gasteiger charge is 2.48. The minimum absolute atomic E-state index is 0.143. The van der Waals surface area contributed by atoms with Crippen LogP contribution in [0.5, 0.6) is 5.75 Å². The standard InChI is InChI=1S/C24H23N3O6/c1-3-33-17-8-6-14(7-9-17)20(29)26-21(30)15-4-5-16-13-27(22(31)18(16)12-15)24(2)11-10-19(28)25-23(24)32/h4-9,12H,3,10-11,13H2,1-2H3,(H,25,28,32)(H,26,29,30). The second-order valence-corrected chi connectivity index (χ2v) is 8.16. The van der Waals surface area contributed by atoms with Crippen molar-refractivity contribution in [2.75, 3.05) is 6.61 Å². The molecule has 5 amide bonds. The van der Waals surface area contributed by atoms with Crippen LogP contribution in [0.25, 0.3) is 0 Å². The molecule has 0 aromatic heterocycles. The second kappa shape index (κ2) is 8.50. The Kier molecular flexibility index (Phi) is 5.71. The zero-order valence-electron chi connectivity index (χ0n) is 18.3. The average molecular weight is 449 g/mol.